The van der Waals surface area contributed by atoms with Gasteiger partial charge in [-0.2, -0.15) is 13.2 Å². The van der Waals surface area contributed by atoms with E-state index in [2.05, 4.69) is 0 Å². The molecular weight excluding hydrogens is 305 g/mol. The lowest BCUT2D eigenvalue weighted by atomic mass is 10.0. The van der Waals surface area contributed by atoms with Gasteiger partial charge in [0, 0.05) is 11.6 Å². The zero-order valence-corrected chi connectivity index (χ0v) is 11.8. The summed E-state index contributed by atoms with van der Waals surface area (Å²) in [5.41, 5.74) is -0.00204. The monoisotopic (exact) mass is 316 g/mol. The first-order valence-corrected chi connectivity index (χ1v) is 6.82. The summed E-state index contributed by atoms with van der Waals surface area (Å²) in [6, 6.07) is 16.5. The van der Waals surface area contributed by atoms with Crippen molar-refractivity contribution in [2.75, 3.05) is 0 Å². The predicted octanol–water partition coefficient (Wildman–Crippen LogP) is 4.99. The Morgan fingerprint density at radius 3 is 2.13 bits per heavy atom. The van der Waals surface area contributed by atoms with Gasteiger partial charge in [0.05, 0.1) is 5.56 Å². The Labute approximate surface area is 129 Å². The maximum absolute atomic E-state index is 12.8. The Morgan fingerprint density at radius 1 is 0.739 bits per heavy atom. The van der Waals surface area contributed by atoms with E-state index in [1.165, 1.54) is 18.2 Å². The van der Waals surface area contributed by atoms with E-state index in [1.807, 2.05) is 6.07 Å². The third kappa shape index (κ3) is 3.34. The second-order valence-corrected chi connectivity index (χ2v) is 4.97. The number of halogens is 3. The van der Waals surface area contributed by atoms with Crippen LogP contribution in [0, 0.1) is 0 Å². The van der Waals surface area contributed by atoms with Gasteiger partial charge in [0.2, 0.25) is 0 Å². The molecule has 0 spiro atoms. The van der Waals surface area contributed by atoms with Crippen LogP contribution in [-0.2, 0) is 6.18 Å². The highest BCUT2D eigenvalue weighted by Crippen LogP contribution is 2.32. The topological polar surface area (TPSA) is 30.2 Å². The van der Waals surface area contributed by atoms with E-state index < -0.39 is 17.4 Å². The molecule has 2 aromatic carbocycles. The normalized spacial score (nSPS) is 11.4. The highest BCUT2D eigenvalue weighted by Gasteiger charge is 2.30. The average molecular weight is 316 g/mol. The Balaban J connectivity index is 2.11. The maximum Gasteiger partial charge on any atom is 0.416 e. The smallest absolute Gasteiger partial charge is 0.416 e. The molecule has 0 bridgehead atoms. The zero-order chi connectivity index (χ0) is 16.4. The number of benzene rings is 2. The van der Waals surface area contributed by atoms with Crippen LogP contribution in [0.15, 0.2) is 75.9 Å². The molecule has 2 nitrogen and oxygen atoms in total. The maximum atomic E-state index is 12.8. The fraction of sp³-hybridized carbons (Fsp3) is 0.0556. The second kappa shape index (κ2) is 5.76. The van der Waals surface area contributed by atoms with Crippen LogP contribution in [0.3, 0.4) is 0 Å². The van der Waals surface area contributed by atoms with Crippen molar-refractivity contribution in [3.8, 4) is 22.5 Å². The van der Waals surface area contributed by atoms with Crippen molar-refractivity contribution in [2.24, 2.45) is 0 Å². The molecule has 0 amide bonds. The van der Waals surface area contributed by atoms with Crippen molar-refractivity contribution >= 4 is 0 Å². The minimum Gasteiger partial charge on any atom is -0.423 e. The van der Waals surface area contributed by atoms with Crippen LogP contribution in [-0.4, -0.2) is 0 Å². The molecule has 0 aliphatic carbocycles. The first kappa shape index (κ1) is 15.1. The van der Waals surface area contributed by atoms with E-state index in [1.54, 1.807) is 30.3 Å². The first-order chi connectivity index (χ1) is 10.9. The van der Waals surface area contributed by atoms with Crippen LogP contribution in [0.5, 0.6) is 0 Å². The minimum absolute atomic E-state index is 0.310. The molecule has 0 saturated heterocycles. The van der Waals surface area contributed by atoms with Crippen molar-refractivity contribution < 1.29 is 17.6 Å². The SMILES string of the molecule is O=c1cc(-c2cccc(C(F)(F)F)c2)cc(-c2ccccc2)o1. The molecule has 1 aromatic heterocycles. The van der Waals surface area contributed by atoms with E-state index in [9.17, 15) is 18.0 Å². The quantitative estimate of drug-likeness (QED) is 0.666. The summed E-state index contributed by atoms with van der Waals surface area (Å²) in [4.78, 5) is 11.8. The highest BCUT2D eigenvalue weighted by molar-refractivity contribution is 5.69. The lowest BCUT2D eigenvalue weighted by Crippen LogP contribution is -2.05. The van der Waals surface area contributed by atoms with Crippen LogP contribution in [0.2, 0.25) is 0 Å². The molecule has 0 aliphatic rings. The van der Waals surface area contributed by atoms with E-state index >= 15 is 0 Å². The van der Waals surface area contributed by atoms with Crippen LogP contribution >= 0.6 is 0 Å². The van der Waals surface area contributed by atoms with E-state index in [-0.39, 0.29) is 0 Å². The van der Waals surface area contributed by atoms with Crippen molar-refractivity contribution in [3.05, 3.63) is 82.7 Å². The van der Waals surface area contributed by atoms with Crippen molar-refractivity contribution in [1.29, 1.82) is 0 Å². The average Bonchev–Trinajstić information content (AvgIpc) is 2.54. The number of hydrogen-bond donors (Lipinski definition) is 0. The molecule has 0 aliphatic heterocycles. The van der Waals surface area contributed by atoms with Crippen molar-refractivity contribution in [2.45, 2.75) is 6.18 Å². The molecule has 0 atom stereocenters. The summed E-state index contributed by atoms with van der Waals surface area (Å²) in [5, 5.41) is 0. The lowest BCUT2D eigenvalue weighted by Gasteiger charge is -2.09. The number of alkyl halides is 3. The van der Waals surface area contributed by atoms with Gasteiger partial charge in [-0.3, -0.25) is 0 Å². The predicted molar refractivity (Wildman–Crippen MR) is 80.9 cm³/mol. The van der Waals surface area contributed by atoms with E-state index in [4.69, 9.17) is 4.42 Å². The van der Waals surface area contributed by atoms with E-state index in [0.29, 0.717) is 22.5 Å². The number of rotatable bonds is 2. The van der Waals surface area contributed by atoms with Crippen LogP contribution in [0.25, 0.3) is 22.5 Å². The van der Waals surface area contributed by atoms with Gasteiger partial charge in [-0.05, 0) is 29.3 Å². The van der Waals surface area contributed by atoms with Gasteiger partial charge in [-0.15, -0.1) is 0 Å². The van der Waals surface area contributed by atoms with Gasteiger partial charge in [-0.25, -0.2) is 4.79 Å². The van der Waals surface area contributed by atoms with Gasteiger partial charge in [0.15, 0.2) is 0 Å². The molecule has 3 aromatic rings. The molecule has 0 fully saturated rings. The largest absolute Gasteiger partial charge is 0.423 e. The molecule has 0 N–H and O–H groups in total. The molecule has 23 heavy (non-hydrogen) atoms. The van der Waals surface area contributed by atoms with E-state index in [0.717, 1.165) is 12.1 Å². The van der Waals surface area contributed by atoms with Gasteiger partial charge in [0.1, 0.15) is 5.76 Å². The third-order valence-corrected chi connectivity index (χ3v) is 3.35. The fourth-order valence-electron chi connectivity index (χ4n) is 2.26. The summed E-state index contributed by atoms with van der Waals surface area (Å²) in [6.07, 6.45) is -4.43. The number of hydrogen-bond acceptors (Lipinski definition) is 2. The van der Waals surface area contributed by atoms with Crippen LogP contribution in [0.1, 0.15) is 5.56 Å². The fourth-order valence-corrected chi connectivity index (χ4v) is 2.26. The van der Waals surface area contributed by atoms with Gasteiger partial charge < -0.3 is 4.42 Å². The summed E-state index contributed by atoms with van der Waals surface area (Å²) in [7, 11) is 0. The summed E-state index contributed by atoms with van der Waals surface area (Å²) < 4.78 is 43.6. The third-order valence-electron chi connectivity index (χ3n) is 3.35. The van der Waals surface area contributed by atoms with Gasteiger partial charge in [0.25, 0.3) is 0 Å². The summed E-state index contributed by atoms with van der Waals surface area (Å²) >= 11 is 0. The van der Waals surface area contributed by atoms with Crippen molar-refractivity contribution in [1.82, 2.24) is 0 Å². The molecule has 116 valence electrons. The summed E-state index contributed by atoms with van der Waals surface area (Å²) in [6.45, 7) is 0. The first-order valence-electron chi connectivity index (χ1n) is 6.82. The molecule has 1 heterocycles. The Hall–Kier alpha value is -2.82. The molecule has 0 unspecified atom stereocenters. The molecule has 3 rings (SSSR count). The minimum atomic E-state index is -4.43. The Morgan fingerprint density at radius 2 is 1.43 bits per heavy atom. The second-order valence-electron chi connectivity index (χ2n) is 4.97. The van der Waals surface area contributed by atoms with Gasteiger partial charge in [-0.1, -0.05) is 42.5 Å². The standard InChI is InChI=1S/C18H11F3O2/c19-18(20,21)15-8-4-7-13(9-15)14-10-16(23-17(22)11-14)12-5-2-1-3-6-12/h1-11H. The summed E-state index contributed by atoms with van der Waals surface area (Å²) in [5.74, 6) is 0.311. The molecule has 0 radical (unpaired) electrons. The molecule has 0 saturated carbocycles. The van der Waals surface area contributed by atoms with Crippen molar-refractivity contribution in [3.63, 3.8) is 0 Å². The molecule has 5 heteroatoms. The zero-order valence-electron chi connectivity index (χ0n) is 11.8. The Kier molecular flexibility index (Phi) is 3.78. The lowest BCUT2D eigenvalue weighted by molar-refractivity contribution is -0.137. The highest BCUT2D eigenvalue weighted by atomic mass is 19.4. The molecular formula is C18H11F3O2. The van der Waals surface area contributed by atoms with Gasteiger partial charge >= 0.3 is 11.8 Å². The van der Waals surface area contributed by atoms with Crippen LogP contribution < -0.4 is 5.63 Å². The Bertz CT molecular complexity index is 881. The van der Waals surface area contributed by atoms with Crippen LogP contribution in [0.4, 0.5) is 13.2 Å².